The molecular weight excluding hydrogens is 209 g/mol. The summed E-state index contributed by atoms with van der Waals surface area (Å²) in [5, 5.41) is 0. The number of nitrogens with two attached hydrogens (primary N) is 1. The Morgan fingerprint density at radius 1 is 1.56 bits per heavy atom. The van der Waals surface area contributed by atoms with Gasteiger partial charge in [-0.05, 0) is 25.3 Å². The van der Waals surface area contributed by atoms with Crippen molar-refractivity contribution >= 4 is 0 Å². The molecule has 88 valence electrons. The van der Waals surface area contributed by atoms with Crippen LogP contribution in [0.5, 0.6) is 0 Å². The van der Waals surface area contributed by atoms with Crippen LogP contribution in [0.15, 0.2) is 18.5 Å². The summed E-state index contributed by atoms with van der Waals surface area (Å²) in [6, 6.07) is 1.33. The number of halogens is 1. The highest BCUT2D eigenvalue weighted by atomic mass is 19.1. The van der Waals surface area contributed by atoms with Gasteiger partial charge in [0.05, 0.1) is 18.3 Å². The van der Waals surface area contributed by atoms with Gasteiger partial charge in [-0.2, -0.15) is 0 Å². The highest BCUT2D eigenvalue weighted by Crippen LogP contribution is 2.26. The largest absolute Gasteiger partial charge is 0.376 e. The quantitative estimate of drug-likeness (QED) is 0.601. The number of hydrogen-bond donors (Lipinski definition) is 2. The number of hydrazine groups is 1. The van der Waals surface area contributed by atoms with E-state index >= 15 is 0 Å². The van der Waals surface area contributed by atoms with Crippen LogP contribution in [0.4, 0.5) is 4.39 Å². The molecule has 1 saturated heterocycles. The molecule has 0 saturated carbocycles. The van der Waals surface area contributed by atoms with E-state index in [2.05, 4.69) is 10.4 Å². The van der Waals surface area contributed by atoms with Crippen molar-refractivity contribution in [3.8, 4) is 0 Å². The van der Waals surface area contributed by atoms with Crippen molar-refractivity contribution in [2.45, 2.75) is 31.4 Å². The first kappa shape index (κ1) is 11.4. The third kappa shape index (κ3) is 2.37. The summed E-state index contributed by atoms with van der Waals surface area (Å²) in [4.78, 5) is 3.72. The molecule has 1 aliphatic heterocycles. The van der Waals surface area contributed by atoms with Gasteiger partial charge in [0.15, 0.2) is 0 Å². The van der Waals surface area contributed by atoms with Crippen LogP contribution in [-0.4, -0.2) is 17.7 Å². The van der Waals surface area contributed by atoms with Crippen LogP contribution in [0.2, 0.25) is 0 Å². The molecule has 4 nitrogen and oxygen atoms in total. The number of aromatic nitrogens is 1. The van der Waals surface area contributed by atoms with E-state index in [9.17, 15) is 4.39 Å². The topological polar surface area (TPSA) is 60.2 Å². The average molecular weight is 225 g/mol. The molecule has 1 aromatic rings. The molecular formula is C11H16FN3O. The lowest BCUT2D eigenvalue weighted by Gasteiger charge is -2.30. The van der Waals surface area contributed by atoms with Crippen LogP contribution < -0.4 is 11.3 Å². The number of pyridine rings is 1. The summed E-state index contributed by atoms with van der Waals surface area (Å²) in [5.74, 6) is 5.14. The molecule has 2 heterocycles. The molecule has 5 heteroatoms. The molecule has 1 fully saturated rings. The molecule has 0 bridgehead atoms. The maximum absolute atomic E-state index is 13.6. The Morgan fingerprint density at radius 3 is 3.06 bits per heavy atom. The Hall–Kier alpha value is -1.04. The van der Waals surface area contributed by atoms with Gasteiger partial charge in [0.25, 0.3) is 0 Å². The van der Waals surface area contributed by atoms with Gasteiger partial charge in [0, 0.05) is 18.4 Å². The highest BCUT2D eigenvalue weighted by Gasteiger charge is 2.26. The van der Waals surface area contributed by atoms with Crippen molar-refractivity contribution in [1.29, 1.82) is 0 Å². The second-order valence-electron chi connectivity index (χ2n) is 3.95. The maximum Gasteiger partial charge on any atom is 0.146 e. The van der Waals surface area contributed by atoms with E-state index in [1.165, 1.54) is 6.20 Å². The third-order valence-corrected chi connectivity index (χ3v) is 2.91. The Morgan fingerprint density at radius 2 is 2.44 bits per heavy atom. The fraction of sp³-hybridized carbons (Fsp3) is 0.545. The molecule has 1 aromatic heterocycles. The lowest BCUT2D eigenvalue weighted by molar-refractivity contribution is -0.00895. The van der Waals surface area contributed by atoms with E-state index in [4.69, 9.17) is 10.6 Å². The number of nitrogens with zero attached hydrogens (tertiary/aromatic N) is 1. The molecule has 2 rings (SSSR count). The number of nitrogens with one attached hydrogen (secondary N) is 1. The third-order valence-electron chi connectivity index (χ3n) is 2.91. The Labute approximate surface area is 94.0 Å². The van der Waals surface area contributed by atoms with Crippen molar-refractivity contribution in [1.82, 2.24) is 10.4 Å². The fourth-order valence-electron chi connectivity index (χ4n) is 2.06. The average Bonchev–Trinajstić information content (AvgIpc) is 2.34. The molecule has 0 amide bonds. The van der Waals surface area contributed by atoms with E-state index in [1.54, 1.807) is 12.3 Å². The van der Waals surface area contributed by atoms with Gasteiger partial charge in [-0.1, -0.05) is 0 Å². The molecule has 1 aliphatic rings. The first-order valence-corrected chi connectivity index (χ1v) is 5.50. The molecule has 2 atom stereocenters. The van der Waals surface area contributed by atoms with E-state index < -0.39 is 0 Å². The summed E-state index contributed by atoms with van der Waals surface area (Å²) in [6.07, 6.45) is 5.75. The van der Waals surface area contributed by atoms with Crippen LogP contribution in [0.3, 0.4) is 0 Å². The Kier molecular flexibility index (Phi) is 3.82. The van der Waals surface area contributed by atoms with E-state index in [1.807, 2.05) is 0 Å². The Bertz CT molecular complexity index is 342. The maximum atomic E-state index is 13.6. The van der Waals surface area contributed by atoms with Gasteiger partial charge in [0.2, 0.25) is 0 Å². The Balaban J connectivity index is 2.18. The van der Waals surface area contributed by atoms with Gasteiger partial charge >= 0.3 is 0 Å². The lowest BCUT2D eigenvalue weighted by Crippen LogP contribution is -2.40. The van der Waals surface area contributed by atoms with E-state index in [0.29, 0.717) is 5.56 Å². The predicted molar refractivity (Wildman–Crippen MR) is 57.9 cm³/mol. The zero-order valence-corrected chi connectivity index (χ0v) is 9.03. The van der Waals surface area contributed by atoms with E-state index in [0.717, 1.165) is 25.9 Å². The molecule has 3 N–H and O–H groups in total. The monoisotopic (exact) mass is 225 g/mol. The molecule has 16 heavy (non-hydrogen) atoms. The molecule has 0 aliphatic carbocycles. The molecule has 0 aromatic carbocycles. The van der Waals surface area contributed by atoms with Gasteiger partial charge in [0.1, 0.15) is 5.82 Å². The molecule has 2 unspecified atom stereocenters. The summed E-state index contributed by atoms with van der Waals surface area (Å²) in [7, 11) is 0. The second-order valence-corrected chi connectivity index (χ2v) is 3.95. The van der Waals surface area contributed by atoms with Crippen molar-refractivity contribution in [2.24, 2.45) is 5.84 Å². The fourth-order valence-corrected chi connectivity index (χ4v) is 2.06. The smallest absolute Gasteiger partial charge is 0.146 e. The van der Waals surface area contributed by atoms with Crippen molar-refractivity contribution in [2.75, 3.05) is 6.61 Å². The second kappa shape index (κ2) is 5.34. The van der Waals surface area contributed by atoms with Crippen molar-refractivity contribution in [3.63, 3.8) is 0 Å². The number of rotatable bonds is 3. The van der Waals surface area contributed by atoms with Gasteiger partial charge < -0.3 is 4.74 Å². The number of ether oxygens (including phenoxy) is 1. The zero-order valence-electron chi connectivity index (χ0n) is 9.03. The molecule has 0 radical (unpaired) electrons. The molecule has 0 spiro atoms. The van der Waals surface area contributed by atoms with Crippen LogP contribution >= 0.6 is 0 Å². The van der Waals surface area contributed by atoms with Crippen molar-refractivity contribution < 1.29 is 9.13 Å². The van der Waals surface area contributed by atoms with E-state index in [-0.39, 0.29) is 18.0 Å². The summed E-state index contributed by atoms with van der Waals surface area (Å²) in [5.41, 5.74) is 3.15. The summed E-state index contributed by atoms with van der Waals surface area (Å²) >= 11 is 0. The first-order valence-electron chi connectivity index (χ1n) is 5.50. The summed E-state index contributed by atoms with van der Waals surface area (Å²) in [6.45, 7) is 0.718. The van der Waals surface area contributed by atoms with Crippen LogP contribution in [0, 0.1) is 5.82 Å². The van der Waals surface area contributed by atoms with Crippen LogP contribution in [0.1, 0.15) is 30.9 Å². The van der Waals surface area contributed by atoms with Crippen molar-refractivity contribution in [3.05, 3.63) is 29.8 Å². The minimum absolute atomic E-state index is 0.0596. The normalized spacial score (nSPS) is 23.0. The standard InChI is InChI=1S/C11H16FN3O/c12-9-7-14-5-4-8(9)11(15-13)10-3-1-2-6-16-10/h4-5,7,10-11,15H,1-3,6,13H2. The highest BCUT2D eigenvalue weighted by molar-refractivity contribution is 5.18. The minimum Gasteiger partial charge on any atom is -0.376 e. The lowest BCUT2D eigenvalue weighted by atomic mass is 9.96. The van der Waals surface area contributed by atoms with Crippen LogP contribution in [0.25, 0.3) is 0 Å². The van der Waals surface area contributed by atoms with Crippen LogP contribution in [-0.2, 0) is 4.74 Å². The minimum atomic E-state index is -0.348. The van der Waals surface area contributed by atoms with Gasteiger partial charge in [-0.15, -0.1) is 0 Å². The van der Waals surface area contributed by atoms with Gasteiger partial charge in [-0.3, -0.25) is 16.3 Å². The van der Waals surface area contributed by atoms with Gasteiger partial charge in [-0.25, -0.2) is 4.39 Å². The predicted octanol–water partition coefficient (Wildman–Crippen LogP) is 1.29. The summed E-state index contributed by atoms with van der Waals surface area (Å²) < 4.78 is 19.2. The first-order chi connectivity index (χ1) is 7.83. The zero-order chi connectivity index (χ0) is 11.4. The SMILES string of the molecule is NNC(c1ccncc1F)C1CCCCO1. The number of hydrogen-bond acceptors (Lipinski definition) is 4.